The average molecular weight is 354 g/mol. The number of rotatable bonds is 7. The summed E-state index contributed by atoms with van der Waals surface area (Å²) in [6, 6.07) is 7.65. The molecule has 0 unspecified atom stereocenters. The van der Waals surface area contributed by atoms with Gasteiger partial charge >= 0.3 is 0 Å². The third kappa shape index (κ3) is 4.33. The van der Waals surface area contributed by atoms with Crippen molar-refractivity contribution < 1.29 is 4.42 Å². The summed E-state index contributed by atoms with van der Waals surface area (Å²) in [5.41, 5.74) is 2.91. The minimum Gasteiger partial charge on any atom is -0.463 e. The lowest BCUT2D eigenvalue weighted by Gasteiger charge is -2.06. The molecule has 0 saturated heterocycles. The van der Waals surface area contributed by atoms with Gasteiger partial charge in [-0.05, 0) is 37.1 Å². The number of hydrogen-bond donors (Lipinski definition) is 0. The number of pyridine rings is 1. The van der Waals surface area contributed by atoms with E-state index in [0.717, 1.165) is 47.6 Å². The fourth-order valence-corrected chi connectivity index (χ4v) is 3.37. The molecule has 0 aliphatic heterocycles. The Balaban J connectivity index is 2.13. The summed E-state index contributed by atoms with van der Waals surface area (Å²) >= 11 is 1.55. The summed E-state index contributed by atoms with van der Waals surface area (Å²) < 4.78 is 7.49. The van der Waals surface area contributed by atoms with Gasteiger partial charge in [-0.2, -0.15) is 5.10 Å². The summed E-state index contributed by atoms with van der Waals surface area (Å²) in [7, 11) is 0. The molecule has 3 heterocycles. The highest BCUT2D eigenvalue weighted by Gasteiger charge is 2.11. The van der Waals surface area contributed by atoms with Crippen molar-refractivity contribution in [3.63, 3.8) is 0 Å². The maximum Gasteiger partial charge on any atom is 0.211 e. The number of aromatic nitrogens is 2. The van der Waals surface area contributed by atoms with E-state index in [1.165, 1.54) is 5.71 Å². The second-order valence-corrected chi connectivity index (χ2v) is 6.52. The molecule has 6 heteroatoms. The van der Waals surface area contributed by atoms with Crippen molar-refractivity contribution in [2.24, 2.45) is 10.1 Å². The third-order valence-corrected chi connectivity index (χ3v) is 4.46. The van der Waals surface area contributed by atoms with Gasteiger partial charge < -0.3 is 4.42 Å². The first-order chi connectivity index (χ1) is 12.3. The molecule has 0 atom stereocenters. The van der Waals surface area contributed by atoms with Gasteiger partial charge in [-0.15, -0.1) is 11.3 Å². The minimum atomic E-state index is 0.792. The molecule has 0 N–H and O–H groups in total. The summed E-state index contributed by atoms with van der Waals surface area (Å²) in [5, 5.41) is 6.95. The lowest BCUT2D eigenvalue weighted by atomic mass is 10.1. The maximum absolute atomic E-state index is 5.59. The Hall–Kier alpha value is -2.47. The van der Waals surface area contributed by atoms with Crippen LogP contribution in [-0.2, 0) is 0 Å². The van der Waals surface area contributed by atoms with E-state index in [1.54, 1.807) is 30.0 Å². The van der Waals surface area contributed by atoms with Crippen LogP contribution in [0.25, 0.3) is 11.5 Å². The topological polar surface area (TPSA) is 55.7 Å². The van der Waals surface area contributed by atoms with Crippen LogP contribution >= 0.6 is 11.3 Å². The largest absolute Gasteiger partial charge is 0.463 e. The van der Waals surface area contributed by atoms with Crippen LogP contribution in [0.4, 0.5) is 5.69 Å². The van der Waals surface area contributed by atoms with Gasteiger partial charge in [0.2, 0.25) is 4.80 Å². The quantitative estimate of drug-likeness (QED) is 0.545. The molecule has 25 heavy (non-hydrogen) atoms. The molecular formula is C19H22N4OS. The van der Waals surface area contributed by atoms with Gasteiger partial charge in [-0.1, -0.05) is 26.7 Å². The van der Waals surface area contributed by atoms with Crippen molar-refractivity contribution in [3.05, 3.63) is 53.1 Å². The number of nitrogens with zero attached hydrogens (tertiary/aromatic N) is 4. The molecule has 0 saturated carbocycles. The van der Waals surface area contributed by atoms with Gasteiger partial charge in [0.1, 0.15) is 5.69 Å². The molecule has 5 nitrogen and oxygen atoms in total. The van der Waals surface area contributed by atoms with E-state index >= 15 is 0 Å². The van der Waals surface area contributed by atoms with E-state index in [4.69, 9.17) is 14.5 Å². The van der Waals surface area contributed by atoms with Gasteiger partial charge in [-0.25, -0.2) is 9.67 Å². The summed E-state index contributed by atoms with van der Waals surface area (Å²) in [4.78, 5) is 9.66. The molecule has 0 fully saturated rings. The number of furan rings is 1. The fourth-order valence-electron chi connectivity index (χ4n) is 2.54. The predicted octanol–water partition coefficient (Wildman–Crippen LogP) is 5.24. The highest BCUT2D eigenvalue weighted by molar-refractivity contribution is 7.07. The molecule has 0 aliphatic carbocycles. The lowest BCUT2D eigenvalue weighted by Crippen LogP contribution is -2.14. The highest BCUT2D eigenvalue weighted by Crippen LogP contribution is 2.21. The predicted molar refractivity (Wildman–Crippen MR) is 102 cm³/mol. The number of thiazole rings is 1. The molecule has 0 bridgehead atoms. The monoisotopic (exact) mass is 354 g/mol. The SMILES string of the molecule is CCCC(CCC)=Nn1c(-c2ccco2)csc1=Nc1cccnc1. The zero-order valence-corrected chi connectivity index (χ0v) is 15.4. The molecule has 0 spiro atoms. The van der Waals surface area contributed by atoms with Crippen molar-refractivity contribution in [3.8, 4) is 11.5 Å². The summed E-state index contributed by atoms with van der Waals surface area (Å²) in [6.07, 6.45) is 9.30. The molecule has 3 rings (SSSR count). The van der Waals surface area contributed by atoms with Crippen molar-refractivity contribution in [2.45, 2.75) is 39.5 Å². The lowest BCUT2D eigenvalue weighted by molar-refractivity contribution is 0.575. The minimum absolute atomic E-state index is 0.792. The van der Waals surface area contributed by atoms with Gasteiger partial charge in [-0.3, -0.25) is 4.98 Å². The average Bonchev–Trinajstić information content (AvgIpc) is 3.27. The fraction of sp³-hybridized carbons (Fsp3) is 0.316. The smallest absolute Gasteiger partial charge is 0.211 e. The second-order valence-electron chi connectivity index (χ2n) is 5.68. The van der Waals surface area contributed by atoms with Crippen molar-refractivity contribution in [2.75, 3.05) is 0 Å². The summed E-state index contributed by atoms with van der Waals surface area (Å²) in [6.45, 7) is 4.36. The second kappa shape index (κ2) is 8.58. The van der Waals surface area contributed by atoms with Crippen LogP contribution in [0.15, 0.2) is 62.8 Å². The molecule has 0 amide bonds. The maximum atomic E-state index is 5.59. The van der Waals surface area contributed by atoms with Crippen molar-refractivity contribution in [1.82, 2.24) is 9.66 Å². The molecule has 0 aromatic carbocycles. The van der Waals surface area contributed by atoms with Crippen molar-refractivity contribution >= 4 is 22.7 Å². The molecule has 130 valence electrons. The molecule has 3 aromatic heterocycles. The highest BCUT2D eigenvalue weighted by atomic mass is 32.1. The van der Waals surface area contributed by atoms with Crippen LogP contribution in [0.2, 0.25) is 0 Å². The Kier molecular flexibility index (Phi) is 5.95. The van der Waals surface area contributed by atoms with Gasteiger partial charge in [0, 0.05) is 17.3 Å². The van der Waals surface area contributed by atoms with E-state index < -0.39 is 0 Å². The van der Waals surface area contributed by atoms with E-state index in [2.05, 4.69) is 18.8 Å². The zero-order chi connectivity index (χ0) is 17.5. The molecule has 0 radical (unpaired) electrons. The Morgan fingerprint density at radius 1 is 1.20 bits per heavy atom. The Bertz CT molecular complexity index is 868. The Morgan fingerprint density at radius 3 is 2.68 bits per heavy atom. The van der Waals surface area contributed by atoms with Crippen LogP contribution < -0.4 is 4.80 Å². The molecule has 3 aromatic rings. The zero-order valence-electron chi connectivity index (χ0n) is 14.6. The normalized spacial score (nSPS) is 11.7. The molecule has 0 aliphatic rings. The number of hydrogen-bond acceptors (Lipinski definition) is 5. The Morgan fingerprint density at radius 2 is 2.04 bits per heavy atom. The summed E-state index contributed by atoms with van der Waals surface area (Å²) in [5.74, 6) is 0.792. The van der Waals surface area contributed by atoms with Crippen LogP contribution in [0.3, 0.4) is 0 Å². The van der Waals surface area contributed by atoms with E-state index in [9.17, 15) is 0 Å². The first-order valence-electron chi connectivity index (χ1n) is 8.57. The van der Waals surface area contributed by atoms with Gasteiger partial charge in [0.25, 0.3) is 0 Å². The first kappa shape index (κ1) is 17.4. The van der Waals surface area contributed by atoms with E-state index in [0.29, 0.717) is 0 Å². The van der Waals surface area contributed by atoms with Gasteiger partial charge in [0.15, 0.2) is 5.76 Å². The third-order valence-electron chi connectivity index (χ3n) is 3.65. The van der Waals surface area contributed by atoms with Crippen LogP contribution in [0, 0.1) is 0 Å². The Labute approximate surface area is 151 Å². The van der Waals surface area contributed by atoms with Crippen LogP contribution in [0.1, 0.15) is 39.5 Å². The van der Waals surface area contributed by atoms with Crippen LogP contribution in [0.5, 0.6) is 0 Å². The van der Waals surface area contributed by atoms with E-state index in [1.807, 2.05) is 34.3 Å². The standard InChI is InChI=1S/C19H22N4OS/c1-3-7-15(8-4-2)22-23-17(18-10-6-12-24-18)14-25-19(23)21-16-9-5-11-20-13-16/h5-6,9-14H,3-4,7-8H2,1-2H3. The van der Waals surface area contributed by atoms with Crippen molar-refractivity contribution in [1.29, 1.82) is 0 Å². The van der Waals surface area contributed by atoms with E-state index in [-0.39, 0.29) is 0 Å². The first-order valence-corrected chi connectivity index (χ1v) is 9.45. The molecular weight excluding hydrogens is 332 g/mol. The van der Waals surface area contributed by atoms with Gasteiger partial charge in [0.05, 0.1) is 18.1 Å². The van der Waals surface area contributed by atoms with Crippen LogP contribution in [-0.4, -0.2) is 15.4 Å².